The smallest absolute Gasteiger partial charge is 0.416 e. The van der Waals surface area contributed by atoms with E-state index in [9.17, 15) is 14.0 Å². The molecule has 0 radical (unpaired) electrons. The topological polar surface area (TPSA) is 62.2 Å². The molecule has 3 aromatic carbocycles. The number of imide groups is 1. The SMILES string of the molecule is O=C1OCCN1C(=O)[C@H]1[C@H](c2ccc(Cl)cc2)C(c2ccc(F)cc2)=NN1c1ccc(Br)cc1. The number of anilines is 1. The van der Waals surface area contributed by atoms with Gasteiger partial charge in [-0.1, -0.05) is 51.8 Å². The summed E-state index contributed by atoms with van der Waals surface area (Å²) in [5.74, 6) is -1.35. The van der Waals surface area contributed by atoms with E-state index in [1.54, 1.807) is 29.3 Å². The number of hydrogen-bond acceptors (Lipinski definition) is 5. The van der Waals surface area contributed by atoms with Crippen LogP contribution in [-0.4, -0.2) is 41.8 Å². The second-order valence-corrected chi connectivity index (χ2v) is 9.24. The van der Waals surface area contributed by atoms with Gasteiger partial charge in [0.05, 0.1) is 23.9 Å². The van der Waals surface area contributed by atoms with Crippen LogP contribution in [0.3, 0.4) is 0 Å². The molecule has 34 heavy (non-hydrogen) atoms. The fourth-order valence-electron chi connectivity index (χ4n) is 4.21. The van der Waals surface area contributed by atoms with E-state index >= 15 is 0 Å². The highest BCUT2D eigenvalue weighted by Crippen LogP contribution is 2.39. The van der Waals surface area contributed by atoms with Gasteiger partial charge in [-0.2, -0.15) is 5.10 Å². The molecule has 5 rings (SSSR count). The highest BCUT2D eigenvalue weighted by Gasteiger charge is 2.48. The highest BCUT2D eigenvalue weighted by molar-refractivity contribution is 9.10. The third-order valence-electron chi connectivity index (χ3n) is 5.83. The molecule has 2 atom stereocenters. The Bertz CT molecular complexity index is 1270. The summed E-state index contributed by atoms with van der Waals surface area (Å²) in [7, 11) is 0. The number of halogens is 3. The molecule has 9 heteroatoms. The number of hydrazone groups is 1. The monoisotopic (exact) mass is 541 g/mol. The number of hydrogen-bond donors (Lipinski definition) is 0. The molecular weight excluding hydrogens is 525 g/mol. The van der Waals surface area contributed by atoms with Gasteiger partial charge in [-0.05, 0) is 59.7 Å². The summed E-state index contributed by atoms with van der Waals surface area (Å²) in [6.45, 7) is 0.314. The summed E-state index contributed by atoms with van der Waals surface area (Å²) in [6, 6.07) is 19.6. The van der Waals surface area contributed by atoms with Crippen molar-refractivity contribution in [1.29, 1.82) is 0 Å². The molecule has 2 aliphatic heterocycles. The van der Waals surface area contributed by atoms with E-state index in [2.05, 4.69) is 15.9 Å². The summed E-state index contributed by atoms with van der Waals surface area (Å²) in [5.41, 5.74) is 2.71. The number of amides is 2. The summed E-state index contributed by atoms with van der Waals surface area (Å²) in [5, 5.41) is 7.02. The molecule has 0 N–H and O–H groups in total. The van der Waals surface area contributed by atoms with Crippen molar-refractivity contribution in [2.45, 2.75) is 12.0 Å². The average Bonchev–Trinajstić information content (AvgIpc) is 3.44. The Morgan fingerprint density at radius 2 is 1.71 bits per heavy atom. The van der Waals surface area contributed by atoms with Crippen LogP contribution >= 0.6 is 27.5 Å². The molecule has 0 saturated carbocycles. The Balaban J connectivity index is 1.68. The number of benzene rings is 3. The zero-order valence-electron chi connectivity index (χ0n) is 17.7. The van der Waals surface area contributed by atoms with Crippen LogP contribution in [0.15, 0.2) is 82.4 Å². The van der Waals surface area contributed by atoms with Crippen LogP contribution in [0.1, 0.15) is 17.0 Å². The van der Waals surface area contributed by atoms with Gasteiger partial charge in [0, 0.05) is 9.50 Å². The number of carbonyl (C=O) groups excluding carboxylic acids is 2. The minimum Gasteiger partial charge on any atom is -0.447 e. The Hall–Kier alpha value is -3.23. The van der Waals surface area contributed by atoms with Crippen molar-refractivity contribution in [3.63, 3.8) is 0 Å². The minimum absolute atomic E-state index is 0.146. The van der Waals surface area contributed by atoms with Crippen molar-refractivity contribution in [3.8, 4) is 0 Å². The average molecular weight is 543 g/mol. The standard InChI is InChI=1S/C25H18BrClFN3O3/c26-17-5-11-20(12-6-17)31-23(24(32)30-13-14-34-25(30)33)21(15-1-7-18(27)8-2-15)22(29-31)16-3-9-19(28)10-4-16/h1-12,21,23H,13-14H2/t21-,23-/m1/s1. The van der Waals surface area contributed by atoms with Gasteiger partial charge in [0.2, 0.25) is 0 Å². The van der Waals surface area contributed by atoms with Crippen molar-refractivity contribution in [1.82, 2.24) is 4.90 Å². The molecule has 2 heterocycles. The fraction of sp³-hybridized carbons (Fsp3) is 0.160. The molecule has 172 valence electrons. The molecule has 0 spiro atoms. The van der Waals surface area contributed by atoms with Crippen LogP contribution in [0.25, 0.3) is 0 Å². The van der Waals surface area contributed by atoms with E-state index in [1.165, 1.54) is 12.1 Å². The van der Waals surface area contributed by atoms with Gasteiger partial charge < -0.3 is 4.74 Å². The molecule has 6 nitrogen and oxygen atoms in total. The molecule has 3 aromatic rings. The first-order valence-corrected chi connectivity index (χ1v) is 11.7. The normalized spacial score (nSPS) is 19.9. The minimum atomic E-state index is -0.868. The van der Waals surface area contributed by atoms with Gasteiger partial charge in [0.15, 0.2) is 0 Å². The Kier molecular flexibility index (Phi) is 6.10. The fourth-order valence-corrected chi connectivity index (χ4v) is 4.60. The van der Waals surface area contributed by atoms with Crippen LogP contribution in [0.4, 0.5) is 14.9 Å². The van der Waals surface area contributed by atoms with E-state index in [0.717, 1.165) is 14.9 Å². The predicted octanol–water partition coefficient (Wildman–Crippen LogP) is 5.60. The molecule has 1 fully saturated rings. The van der Waals surface area contributed by atoms with E-state index in [-0.39, 0.29) is 19.0 Å². The lowest BCUT2D eigenvalue weighted by molar-refractivity contribution is -0.129. The van der Waals surface area contributed by atoms with Gasteiger partial charge in [-0.3, -0.25) is 9.80 Å². The number of cyclic esters (lactones) is 1. The summed E-state index contributed by atoms with van der Waals surface area (Å²) in [4.78, 5) is 27.2. The molecule has 0 bridgehead atoms. The van der Waals surface area contributed by atoms with Crippen molar-refractivity contribution in [2.24, 2.45) is 5.10 Å². The third kappa shape index (κ3) is 4.19. The van der Waals surface area contributed by atoms with Gasteiger partial charge in [-0.25, -0.2) is 14.1 Å². The van der Waals surface area contributed by atoms with E-state index < -0.39 is 24.0 Å². The first-order valence-electron chi connectivity index (χ1n) is 10.6. The van der Waals surface area contributed by atoms with Crippen molar-refractivity contribution >= 4 is 50.9 Å². The Labute approximate surface area is 208 Å². The summed E-state index contributed by atoms with van der Waals surface area (Å²) >= 11 is 9.56. The number of nitrogens with zero attached hydrogens (tertiary/aromatic N) is 3. The Morgan fingerprint density at radius 3 is 2.32 bits per heavy atom. The molecule has 2 amide bonds. The maximum atomic E-state index is 13.8. The summed E-state index contributed by atoms with van der Waals surface area (Å²) in [6.07, 6.45) is -0.675. The maximum absolute atomic E-state index is 13.8. The van der Waals surface area contributed by atoms with Crippen LogP contribution in [0.5, 0.6) is 0 Å². The predicted molar refractivity (Wildman–Crippen MR) is 131 cm³/mol. The van der Waals surface area contributed by atoms with Crippen LogP contribution in [-0.2, 0) is 9.53 Å². The molecule has 2 aliphatic rings. The van der Waals surface area contributed by atoms with Crippen LogP contribution < -0.4 is 5.01 Å². The van der Waals surface area contributed by atoms with E-state index in [4.69, 9.17) is 21.4 Å². The zero-order valence-corrected chi connectivity index (χ0v) is 20.0. The molecule has 0 unspecified atom stereocenters. The van der Waals surface area contributed by atoms with Gasteiger partial charge in [-0.15, -0.1) is 0 Å². The first kappa shape index (κ1) is 22.6. The Morgan fingerprint density at radius 1 is 1.03 bits per heavy atom. The van der Waals surface area contributed by atoms with Crippen molar-refractivity contribution in [2.75, 3.05) is 18.2 Å². The lowest BCUT2D eigenvalue weighted by Gasteiger charge is -2.29. The molecular formula is C25H18BrClFN3O3. The summed E-state index contributed by atoms with van der Waals surface area (Å²) < 4.78 is 19.6. The van der Waals surface area contributed by atoms with Crippen LogP contribution in [0.2, 0.25) is 5.02 Å². The second-order valence-electron chi connectivity index (χ2n) is 7.89. The van der Waals surface area contributed by atoms with Crippen LogP contribution in [0, 0.1) is 5.82 Å². The largest absolute Gasteiger partial charge is 0.447 e. The molecule has 1 saturated heterocycles. The molecule has 0 aliphatic carbocycles. The lowest BCUT2D eigenvalue weighted by atomic mass is 9.84. The van der Waals surface area contributed by atoms with Gasteiger partial charge >= 0.3 is 6.09 Å². The number of carbonyl (C=O) groups is 2. The highest BCUT2D eigenvalue weighted by atomic mass is 79.9. The molecule has 0 aromatic heterocycles. The zero-order chi connectivity index (χ0) is 23.8. The lowest BCUT2D eigenvalue weighted by Crippen LogP contribution is -2.48. The van der Waals surface area contributed by atoms with Gasteiger partial charge in [0.25, 0.3) is 5.91 Å². The second kappa shape index (κ2) is 9.19. The third-order valence-corrected chi connectivity index (χ3v) is 6.61. The first-order chi connectivity index (χ1) is 16.4. The van der Waals surface area contributed by atoms with Crippen molar-refractivity contribution in [3.05, 3.63) is 99.2 Å². The van der Waals surface area contributed by atoms with Crippen molar-refractivity contribution < 1.29 is 18.7 Å². The van der Waals surface area contributed by atoms with E-state index in [1.807, 2.05) is 36.4 Å². The quantitative estimate of drug-likeness (QED) is 0.431. The van der Waals surface area contributed by atoms with E-state index in [0.29, 0.717) is 22.0 Å². The van der Waals surface area contributed by atoms with Gasteiger partial charge in [0.1, 0.15) is 18.5 Å². The number of rotatable bonds is 4. The number of ether oxygens (including phenoxy) is 1. The maximum Gasteiger partial charge on any atom is 0.416 e.